The highest BCUT2D eigenvalue weighted by atomic mass is 35.5. The van der Waals surface area contributed by atoms with E-state index >= 15 is 0 Å². The molecule has 1 amide bonds. The fraction of sp³-hybridized carbons (Fsp3) is 0.933. The molecule has 0 spiro atoms. The first-order valence-electron chi connectivity index (χ1n) is 7.80. The average Bonchev–Trinajstić information content (AvgIpc) is 2.48. The number of piperidine rings is 1. The molecule has 3 unspecified atom stereocenters. The standard InChI is InChI=1S/C15H28N2O2.ClH/c1-3-14-11-17(7-8-19-14)15(18)9-12(2)13-5-4-6-16-10-13;/h12-14,16H,3-11H2,1-2H3;1H. The first-order valence-corrected chi connectivity index (χ1v) is 7.80. The predicted octanol–water partition coefficient (Wildman–Crippen LogP) is 2.07. The molecule has 0 radical (unpaired) electrons. The third-order valence-electron chi connectivity index (χ3n) is 4.58. The van der Waals surface area contributed by atoms with Crippen LogP contribution in [0.5, 0.6) is 0 Å². The summed E-state index contributed by atoms with van der Waals surface area (Å²) in [4.78, 5) is 14.4. The lowest BCUT2D eigenvalue weighted by atomic mass is 9.85. The Morgan fingerprint density at radius 3 is 2.95 bits per heavy atom. The quantitative estimate of drug-likeness (QED) is 0.864. The van der Waals surface area contributed by atoms with E-state index in [1.807, 2.05) is 4.90 Å². The summed E-state index contributed by atoms with van der Waals surface area (Å²) >= 11 is 0. The van der Waals surface area contributed by atoms with Gasteiger partial charge in [0.25, 0.3) is 0 Å². The molecule has 0 aromatic heterocycles. The number of carbonyl (C=O) groups excluding carboxylic acids is 1. The van der Waals surface area contributed by atoms with Gasteiger partial charge in [-0.25, -0.2) is 0 Å². The summed E-state index contributed by atoms with van der Waals surface area (Å²) < 4.78 is 5.62. The Labute approximate surface area is 129 Å². The van der Waals surface area contributed by atoms with Crippen LogP contribution in [0, 0.1) is 11.8 Å². The SMILES string of the molecule is CCC1CN(C(=O)CC(C)C2CCCNC2)CCO1.Cl. The van der Waals surface area contributed by atoms with Crippen molar-refractivity contribution in [3.8, 4) is 0 Å². The van der Waals surface area contributed by atoms with Crippen LogP contribution in [-0.4, -0.2) is 49.7 Å². The molecule has 2 aliphatic rings. The summed E-state index contributed by atoms with van der Waals surface area (Å²) in [5.74, 6) is 1.48. The van der Waals surface area contributed by atoms with Gasteiger partial charge in [-0.05, 0) is 44.2 Å². The van der Waals surface area contributed by atoms with Crippen molar-refractivity contribution in [2.45, 2.75) is 45.6 Å². The first-order chi connectivity index (χ1) is 9.20. The summed E-state index contributed by atoms with van der Waals surface area (Å²) in [6.07, 6.45) is 4.44. The van der Waals surface area contributed by atoms with Crippen LogP contribution in [-0.2, 0) is 9.53 Å². The molecule has 4 nitrogen and oxygen atoms in total. The second-order valence-electron chi connectivity index (χ2n) is 6.03. The van der Waals surface area contributed by atoms with Crippen molar-refractivity contribution >= 4 is 18.3 Å². The number of nitrogens with zero attached hydrogens (tertiary/aromatic N) is 1. The fourth-order valence-electron chi connectivity index (χ4n) is 3.13. The molecule has 118 valence electrons. The van der Waals surface area contributed by atoms with Crippen LogP contribution in [0.1, 0.15) is 39.5 Å². The molecule has 2 heterocycles. The zero-order valence-corrected chi connectivity index (χ0v) is 13.6. The number of halogens is 1. The molecule has 2 rings (SSSR count). The maximum absolute atomic E-state index is 12.4. The molecule has 0 saturated carbocycles. The summed E-state index contributed by atoms with van der Waals surface area (Å²) in [5, 5.41) is 3.44. The van der Waals surface area contributed by atoms with E-state index in [0.717, 1.165) is 32.6 Å². The minimum atomic E-state index is 0. The van der Waals surface area contributed by atoms with Gasteiger partial charge >= 0.3 is 0 Å². The molecule has 3 atom stereocenters. The number of rotatable bonds is 4. The molecule has 2 fully saturated rings. The third-order valence-corrected chi connectivity index (χ3v) is 4.58. The van der Waals surface area contributed by atoms with E-state index in [-0.39, 0.29) is 18.5 Å². The van der Waals surface area contributed by atoms with Gasteiger partial charge in [0, 0.05) is 19.5 Å². The van der Waals surface area contributed by atoms with Crippen LogP contribution in [0.15, 0.2) is 0 Å². The first kappa shape index (κ1) is 17.7. The van der Waals surface area contributed by atoms with Crippen LogP contribution in [0.25, 0.3) is 0 Å². The van der Waals surface area contributed by atoms with Crippen molar-refractivity contribution in [2.24, 2.45) is 11.8 Å². The van der Waals surface area contributed by atoms with Crippen molar-refractivity contribution in [2.75, 3.05) is 32.8 Å². The highest BCUT2D eigenvalue weighted by molar-refractivity contribution is 5.85. The molecule has 2 saturated heterocycles. The number of amides is 1. The zero-order valence-electron chi connectivity index (χ0n) is 12.8. The average molecular weight is 305 g/mol. The van der Waals surface area contributed by atoms with Crippen molar-refractivity contribution in [1.29, 1.82) is 0 Å². The molecule has 0 aromatic rings. The van der Waals surface area contributed by atoms with Gasteiger partial charge in [-0.2, -0.15) is 0 Å². The molecular formula is C15H29ClN2O2. The number of carbonyl (C=O) groups is 1. The van der Waals surface area contributed by atoms with Crippen molar-refractivity contribution < 1.29 is 9.53 Å². The fourth-order valence-corrected chi connectivity index (χ4v) is 3.13. The lowest BCUT2D eigenvalue weighted by molar-refractivity contribution is -0.140. The smallest absolute Gasteiger partial charge is 0.223 e. The van der Waals surface area contributed by atoms with Gasteiger partial charge in [-0.1, -0.05) is 13.8 Å². The number of nitrogens with one attached hydrogen (secondary N) is 1. The molecule has 1 N–H and O–H groups in total. The molecular weight excluding hydrogens is 276 g/mol. The Hall–Kier alpha value is -0.320. The van der Waals surface area contributed by atoms with Gasteiger partial charge < -0.3 is 15.0 Å². The van der Waals surface area contributed by atoms with Gasteiger partial charge in [0.2, 0.25) is 5.91 Å². The number of hydrogen-bond donors (Lipinski definition) is 1. The summed E-state index contributed by atoms with van der Waals surface area (Å²) in [5.41, 5.74) is 0. The van der Waals surface area contributed by atoms with Crippen molar-refractivity contribution in [1.82, 2.24) is 10.2 Å². The molecule has 0 aliphatic carbocycles. The third kappa shape index (κ3) is 4.90. The van der Waals surface area contributed by atoms with Crippen LogP contribution >= 0.6 is 12.4 Å². The van der Waals surface area contributed by atoms with Crippen molar-refractivity contribution in [3.05, 3.63) is 0 Å². The lowest BCUT2D eigenvalue weighted by Crippen LogP contribution is -2.46. The van der Waals surface area contributed by atoms with E-state index in [9.17, 15) is 4.79 Å². The summed E-state index contributed by atoms with van der Waals surface area (Å²) in [7, 11) is 0. The molecule has 20 heavy (non-hydrogen) atoms. The minimum absolute atomic E-state index is 0. The Morgan fingerprint density at radius 1 is 1.50 bits per heavy atom. The van der Waals surface area contributed by atoms with E-state index in [0.29, 0.717) is 30.8 Å². The highest BCUT2D eigenvalue weighted by Gasteiger charge is 2.27. The Kier molecular flexibility index (Phi) is 7.85. The molecule has 2 aliphatic heterocycles. The normalized spacial score (nSPS) is 28.6. The summed E-state index contributed by atoms with van der Waals surface area (Å²) in [6.45, 7) is 8.82. The topological polar surface area (TPSA) is 41.6 Å². The van der Waals surface area contributed by atoms with Crippen LogP contribution in [0.3, 0.4) is 0 Å². The van der Waals surface area contributed by atoms with E-state index in [1.165, 1.54) is 12.8 Å². The maximum Gasteiger partial charge on any atom is 0.223 e. The van der Waals surface area contributed by atoms with E-state index in [4.69, 9.17) is 4.74 Å². The van der Waals surface area contributed by atoms with Crippen LogP contribution in [0.2, 0.25) is 0 Å². The van der Waals surface area contributed by atoms with E-state index in [2.05, 4.69) is 19.2 Å². The number of hydrogen-bond acceptors (Lipinski definition) is 3. The Morgan fingerprint density at radius 2 is 2.30 bits per heavy atom. The minimum Gasteiger partial charge on any atom is -0.375 e. The zero-order chi connectivity index (χ0) is 13.7. The van der Waals surface area contributed by atoms with Gasteiger partial charge in [-0.15, -0.1) is 12.4 Å². The second-order valence-corrected chi connectivity index (χ2v) is 6.03. The molecule has 0 aromatic carbocycles. The summed E-state index contributed by atoms with van der Waals surface area (Å²) in [6, 6.07) is 0. The molecule has 0 bridgehead atoms. The monoisotopic (exact) mass is 304 g/mol. The van der Waals surface area contributed by atoms with Gasteiger partial charge in [0.05, 0.1) is 12.7 Å². The van der Waals surface area contributed by atoms with Gasteiger partial charge in [-0.3, -0.25) is 4.79 Å². The van der Waals surface area contributed by atoms with Crippen molar-refractivity contribution in [3.63, 3.8) is 0 Å². The largest absolute Gasteiger partial charge is 0.375 e. The van der Waals surface area contributed by atoms with Gasteiger partial charge in [0.1, 0.15) is 0 Å². The van der Waals surface area contributed by atoms with E-state index < -0.39 is 0 Å². The van der Waals surface area contributed by atoms with Gasteiger partial charge in [0.15, 0.2) is 0 Å². The highest BCUT2D eigenvalue weighted by Crippen LogP contribution is 2.23. The molecule has 5 heteroatoms. The van der Waals surface area contributed by atoms with E-state index in [1.54, 1.807) is 0 Å². The maximum atomic E-state index is 12.4. The Bertz CT molecular complexity index is 296. The second kappa shape index (κ2) is 8.85. The van der Waals surface area contributed by atoms with Crippen LogP contribution in [0.4, 0.5) is 0 Å². The number of morpholine rings is 1. The Balaban J connectivity index is 0.00000200. The number of ether oxygens (including phenoxy) is 1. The lowest BCUT2D eigenvalue weighted by Gasteiger charge is -2.34. The van der Waals surface area contributed by atoms with Crippen LogP contribution < -0.4 is 5.32 Å². The predicted molar refractivity (Wildman–Crippen MR) is 83.2 cm³/mol.